The molecular formula is C34H32ClF3N10O5. The predicted molar refractivity (Wildman–Crippen MR) is 187 cm³/mol. The molecule has 2 aromatic carbocycles. The van der Waals surface area contributed by atoms with Gasteiger partial charge in [-0.3, -0.25) is 19.2 Å². The number of benzene rings is 2. The van der Waals surface area contributed by atoms with E-state index in [2.05, 4.69) is 30.7 Å². The number of piperazine rings is 1. The van der Waals surface area contributed by atoms with Crippen molar-refractivity contribution in [2.24, 2.45) is 0 Å². The molecule has 0 bridgehead atoms. The van der Waals surface area contributed by atoms with Crippen LogP contribution in [0.2, 0.25) is 5.02 Å². The first-order valence-corrected chi connectivity index (χ1v) is 16.7. The second kappa shape index (κ2) is 14.5. The molecule has 15 nitrogen and oxygen atoms in total. The zero-order chi connectivity index (χ0) is 38.2. The Labute approximate surface area is 304 Å². The van der Waals surface area contributed by atoms with Gasteiger partial charge in [0, 0.05) is 44.4 Å². The van der Waals surface area contributed by atoms with E-state index in [-0.39, 0.29) is 83.6 Å². The summed E-state index contributed by atoms with van der Waals surface area (Å²) in [6.45, 7) is 3.61. The number of carbonyl (C=O) groups is 3. The van der Waals surface area contributed by atoms with Gasteiger partial charge in [0.25, 0.3) is 17.4 Å². The molecule has 53 heavy (non-hydrogen) atoms. The zero-order valence-electron chi connectivity index (χ0n) is 28.5. The lowest BCUT2D eigenvalue weighted by molar-refractivity contribution is -0.137. The number of nitrogens with zero attached hydrogens (tertiary/aromatic N) is 8. The number of rotatable bonds is 8. The summed E-state index contributed by atoms with van der Waals surface area (Å²) in [4.78, 5) is 68.9. The minimum absolute atomic E-state index is 0.0121. The highest BCUT2D eigenvalue weighted by atomic mass is 35.5. The third-order valence-corrected chi connectivity index (χ3v) is 9.07. The van der Waals surface area contributed by atoms with Gasteiger partial charge in [0.1, 0.15) is 18.6 Å². The summed E-state index contributed by atoms with van der Waals surface area (Å²) in [6, 6.07) is 8.93. The van der Waals surface area contributed by atoms with Gasteiger partial charge in [-0.15, -0.1) is 5.10 Å². The summed E-state index contributed by atoms with van der Waals surface area (Å²) in [5, 5.41) is 19.6. The lowest BCUT2D eigenvalue weighted by Gasteiger charge is -2.36. The van der Waals surface area contributed by atoms with E-state index in [0.29, 0.717) is 22.9 Å². The molecule has 276 valence electrons. The van der Waals surface area contributed by atoms with Crippen LogP contribution >= 0.6 is 11.6 Å². The molecule has 3 aromatic heterocycles. The Morgan fingerprint density at radius 1 is 1.02 bits per heavy atom. The summed E-state index contributed by atoms with van der Waals surface area (Å²) in [7, 11) is 1.50. The number of alkyl halides is 3. The maximum atomic E-state index is 14.3. The SMILES string of the molecule is CCc1c(N2CCN(C(=O)c3ncnc(C)c3O)CC2)c(=O)n2nc(-c3ccc(C(=O)NC)cc3)nc2n1CC(=O)Nc1ccc(C(F)(F)F)cc1Cl. The molecule has 0 spiro atoms. The monoisotopic (exact) mass is 752 g/mol. The predicted octanol–water partition coefficient (Wildman–Crippen LogP) is 3.56. The molecule has 0 saturated carbocycles. The lowest BCUT2D eigenvalue weighted by Crippen LogP contribution is -2.51. The molecule has 6 rings (SSSR count). The Hall–Kier alpha value is -6.04. The third-order valence-electron chi connectivity index (χ3n) is 8.76. The van der Waals surface area contributed by atoms with Gasteiger partial charge in [-0.05, 0) is 43.7 Å². The number of halogens is 4. The van der Waals surface area contributed by atoms with E-state index in [9.17, 15) is 37.5 Å². The van der Waals surface area contributed by atoms with Crippen LogP contribution in [0.15, 0.2) is 53.6 Å². The molecule has 3 N–H and O–H groups in total. The highest BCUT2D eigenvalue weighted by Crippen LogP contribution is 2.34. The van der Waals surface area contributed by atoms with E-state index < -0.39 is 35.7 Å². The average Bonchev–Trinajstić information content (AvgIpc) is 3.60. The first-order valence-electron chi connectivity index (χ1n) is 16.3. The molecule has 1 aliphatic rings. The molecule has 5 aromatic rings. The van der Waals surface area contributed by atoms with Crippen molar-refractivity contribution in [1.82, 2.24) is 39.3 Å². The zero-order valence-corrected chi connectivity index (χ0v) is 29.3. The van der Waals surface area contributed by atoms with Crippen molar-refractivity contribution in [3.8, 4) is 17.1 Å². The number of aromatic hydroxyl groups is 1. The number of hydrogen-bond donors (Lipinski definition) is 3. The minimum Gasteiger partial charge on any atom is -0.504 e. The fraction of sp³-hybridized carbons (Fsp3) is 0.294. The van der Waals surface area contributed by atoms with Crippen LogP contribution in [0.4, 0.5) is 24.5 Å². The largest absolute Gasteiger partial charge is 0.504 e. The molecule has 0 aliphatic carbocycles. The standard InChI is InChI=1S/C34H32ClF3N10O5/c1-4-24-27(45-11-13-46(14-12-45)31(52)26-28(50)18(2)40-17-41-26)32(53)48-33(43-29(44-48)19-5-7-20(8-6-19)30(51)39-3)47(24)16-25(49)42-23-10-9-21(15-22(23)35)34(36,37)38/h5-10,15,17,50H,4,11-14,16H2,1-3H3,(H,39,51)(H,42,49). The number of hydrogen-bond acceptors (Lipinski definition) is 10. The molecule has 0 unspecified atom stereocenters. The van der Waals surface area contributed by atoms with Crippen molar-refractivity contribution in [1.29, 1.82) is 0 Å². The van der Waals surface area contributed by atoms with Crippen molar-refractivity contribution < 1.29 is 32.7 Å². The smallest absolute Gasteiger partial charge is 0.416 e. The Morgan fingerprint density at radius 3 is 2.34 bits per heavy atom. The van der Waals surface area contributed by atoms with Crippen LogP contribution in [0, 0.1) is 6.92 Å². The van der Waals surface area contributed by atoms with Crippen LogP contribution in [0.5, 0.6) is 5.75 Å². The van der Waals surface area contributed by atoms with Crippen LogP contribution in [0.3, 0.4) is 0 Å². The Bertz CT molecular complexity index is 2300. The molecule has 1 saturated heterocycles. The fourth-order valence-electron chi connectivity index (χ4n) is 6.00. The van der Waals surface area contributed by atoms with Gasteiger partial charge in [0.15, 0.2) is 17.3 Å². The molecule has 0 atom stereocenters. The molecule has 1 fully saturated rings. The number of anilines is 2. The van der Waals surface area contributed by atoms with Crippen molar-refractivity contribution in [3.63, 3.8) is 0 Å². The maximum absolute atomic E-state index is 14.3. The lowest BCUT2D eigenvalue weighted by atomic mass is 10.1. The van der Waals surface area contributed by atoms with Crippen LogP contribution in [0.25, 0.3) is 17.2 Å². The van der Waals surface area contributed by atoms with Gasteiger partial charge in [-0.2, -0.15) is 22.7 Å². The number of aromatic nitrogens is 6. The van der Waals surface area contributed by atoms with Crippen molar-refractivity contribution in [2.75, 3.05) is 43.4 Å². The average molecular weight is 753 g/mol. The van der Waals surface area contributed by atoms with Gasteiger partial charge in [0.2, 0.25) is 11.7 Å². The topological polar surface area (TPSA) is 180 Å². The highest BCUT2D eigenvalue weighted by molar-refractivity contribution is 6.33. The maximum Gasteiger partial charge on any atom is 0.416 e. The van der Waals surface area contributed by atoms with E-state index in [1.165, 1.54) is 22.8 Å². The van der Waals surface area contributed by atoms with E-state index >= 15 is 0 Å². The number of fused-ring (bicyclic) bond motifs is 1. The normalized spacial score (nSPS) is 13.3. The number of aryl methyl sites for hydroxylation is 1. The minimum atomic E-state index is -4.64. The fourth-order valence-corrected chi connectivity index (χ4v) is 6.23. The second-order valence-corrected chi connectivity index (χ2v) is 12.4. The summed E-state index contributed by atoms with van der Waals surface area (Å²) < 4.78 is 42.2. The van der Waals surface area contributed by atoms with E-state index in [0.717, 1.165) is 16.6 Å². The molecular weight excluding hydrogens is 721 g/mol. The number of carbonyl (C=O) groups excluding carboxylic acids is 3. The molecule has 1 aliphatic heterocycles. The van der Waals surface area contributed by atoms with Gasteiger partial charge >= 0.3 is 6.18 Å². The summed E-state index contributed by atoms with van der Waals surface area (Å²) >= 11 is 6.11. The van der Waals surface area contributed by atoms with Gasteiger partial charge in [-0.25, -0.2) is 9.97 Å². The summed E-state index contributed by atoms with van der Waals surface area (Å²) in [5.74, 6) is -1.66. The second-order valence-electron chi connectivity index (χ2n) is 12.0. The Kier molecular flexibility index (Phi) is 10.1. The molecule has 19 heteroatoms. The van der Waals surface area contributed by atoms with Crippen molar-refractivity contribution in [2.45, 2.75) is 33.0 Å². The van der Waals surface area contributed by atoms with E-state index in [4.69, 9.17) is 11.6 Å². The molecule has 4 heterocycles. The summed E-state index contributed by atoms with van der Waals surface area (Å²) in [5.41, 5.74) is 0.0241. The Morgan fingerprint density at radius 2 is 1.72 bits per heavy atom. The van der Waals surface area contributed by atoms with E-state index in [1.54, 1.807) is 43.0 Å². The van der Waals surface area contributed by atoms with Crippen molar-refractivity contribution in [3.05, 3.63) is 92.4 Å². The molecule has 0 radical (unpaired) electrons. The summed E-state index contributed by atoms with van der Waals surface area (Å²) in [6.07, 6.45) is -3.20. The van der Waals surface area contributed by atoms with Crippen LogP contribution < -0.4 is 21.1 Å². The van der Waals surface area contributed by atoms with Crippen molar-refractivity contribution >= 4 is 46.5 Å². The van der Waals surface area contributed by atoms with Gasteiger partial charge in [0.05, 0.1) is 27.7 Å². The van der Waals surface area contributed by atoms with E-state index in [1.807, 2.05) is 0 Å². The quantitative estimate of drug-likeness (QED) is 0.212. The highest BCUT2D eigenvalue weighted by Gasteiger charge is 2.32. The number of nitrogens with one attached hydrogen (secondary N) is 2. The molecule has 3 amide bonds. The van der Waals surface area contributed by atoms with Gasteiger partial charge in [-0.1, -0.05) is 30.7 Å². The van der Waals surface area contributed by atoms with Crippen LogP contribution in [0.1, 0.15) is 44.7 Å². The van der Waals surface area contributed by atoms with Crippen LogP contribution in [-0.4, -0.2) is 90.1 Å². The van der Waals surface area contributed by atoms with Gasteiger partial charge < -0.3 is 30.1 Å². The number of amides is 3. The first kappa shape index (κ1) is 36.7. The third kappa shape index (κ3) is 7.21. The first-order chi connectivity index (χ1) is 25.2. The van der Waals surface area contributed by atoms with Crippen LogP contribution in [-0.2, 0) is 23.9 Å². The Balaban J connectivity index is 1.38.